The number of ketones is 1. The summed E-state index contributed by atoms with van der Waals surface area (Å²) in [7, 11) is 5.81. The van der Waals surface area contributed by atoms with Crippen molar-refractivity contribution in [3.8, 4) is 0 Å². The molecule has 3 aromatic heterocycles. The van der Waals surface area contributed by atoms with E-state index in [-0.39, 0.29) is 16.8 Å². The lowest BCUT2D eigenvalue weighted by Crippen LogP contribution is -2.22. The van der Waals surface area contributed by atoms with E-state index in [9.17, 15) is 9.59 Å². The van der Waals surface area contributed by atoms with Crippen molar-refractivity contribution in [3.63, 3.8) is 0 Å². The predicted octanol–water partition coefficient (Wildman–Crippen LogP) is 2.79. The van der Waals surface area contributed by atoms with Crippen LogP contribution in [0.25, 0.3) is 11.0 Å². The molecule has 0 bridgehead atoms. The Morgan fingerprint density at radius 1 is 1.00 bits per heavy atom. The van der Waals surface area contributed by atoms with E-state index < -0.39 is 0 Å². The predicted molar refractivity (Wildman–Crippen MR) is 119 cm³/mol. The number of carbonyl (C=O) groups excluding carboxylic acids is 1. The van der Waals surface area contributed by atoms with Crippen molar-refractivity contribution in [3.05, 3.63) is 98.6 Å². The second kappa shape index (κ2) is 7.71. The number of pyridine rings is 3. The van der Waals surface area contributed by atoms with Gasteiger partial charge in [-0.2, -0.15) is 0 Å². The molecule has 0 aliphatic rings. The normalized spacial score (nSPS) is 11.0. The molecule has 4 aromatic rings. The van der Waals surface area contributed by atoms with Crippen molar-refractivity contribution in [1.29, 1.82) is 0 Å². The number of hydrogen-bond donors (Lipinski definition) is 0. The molecule has 30 heavy (non-hydrogen) atoms. The molecule has 0 spiro atoms. The number of nitrogens with zero attached hydrogens (tertiary/aromatic N) is 3. The van der Waals surface area contributed by atoms with Gasteiger partial charge in [-0.25, -0.2) is 4.98 Å². The minimum atomic E-state index is -0.322. The van der Waals surface area contributed by atoms with Crippen molar-refractivity contribution in [2.45, 2.75) is 27.3 Å². The summed E-state index contributed by atoms with van der Waals surface area (Å²) in [6, 6.07) is 14.3. The van der Waals surface area contributed by atoms with E-state index in [1.165, 1.54) is 0 Å². The van der Waals surface area contributed by atoms with Crippen molar-refractivity contribution in [2.75, 3.05) is 0 Å². The lowest BCUT2D eigenvalue weighted by Gasteiger charge is -2.13. The summed E-state index contributed by atoms with van der Waals surface area (Å²) in [5, 5.41) is 0.402. The first-order valence-electron chi connectivity index (χ1n) is 9.67. The van der Waals surface area contributed by atoms with Gasteiger partial charge in [0.1, 0.15) is 13.5 Å². The van der Waals surface area contributed by atoms with Crippen LogP contribution in [0.3, 0.4) is 0 Å². The van der Waals surface area contributed by atoms with Crippen molar-refractivity contribution in [2.24, 2.45) is 0 Å². The molecule has 0 aliphatic carbocycles. The maximum Gasteiger partial charge on any atom is 0.202 e. The van der Waals surface area contributed by atoms with Crippen LogP contribution in [-0.2, 0) is 6.54 Å². The Morgan fingerprint density at radius 3 is 2.53 bits per heavy atom. The molecular formula is C24H20BN3O2. The van der Waals surface area contributed by atoms with Crippen LogP contribution < -0.4 is 11.0 Å². The Balaban J connectivity index is 1.91. The molecule has 1 aromatic carbocycles. The monoisotopic (exact) mass is 393 g/mol. The summed E-state index contributed by atoms with van der Waals surface area (Å²) in [6.45, 7) is 6.13. The molecule has 0 aliphatic heterocycles. The minimum absolute atomic E-state index is 0.111. The molecular weight excluding hydrogens is 373 g/mol. The smallest absolute Gasteiger partial charge is 0.202 e. The molecule has 2 radical (unpaired) electrons. The van der Waals surface area contributed by atoms with Crippen LogP contribution in [0.15, 0.2) is 59.5 Å². The Bertz CT molecular complexity index is 1360. The maximum absolute atomic E-state index is 13.2. The number of carbonyl (C=O) groups is 1. The van der Waals surface area contributed by atoms with Crippen LogP contribution in [0.1, 0.15) is 38.4 Å². The summed E-state index contributed by atoms with van der Waals surface area (Å²) in [4.78, 5) is 35.3. The van der Waals surface area contributed by atoms with Crippen molar-refractivity contribution >= 4 is 30.3 Å². The quantitative estimate of drug-likeness (QED) is 0.395. The van der Waals surface area contributed by atoms with Gasteiger partial charge in [-0.15, -0.1) is 0 Å². The van der Waals surface area contributed by atoms with Gasteiger partial charge in [0.15, 0.2) is 5.78 Å². The third-order valence-corrected chi connectivity index (χ3v) is 5.23. The standard InChI is InChI=1S/C24H20BN3O2/c1-14-7-9-17(11-15(14)2)22(29)20-13-28(12-18-5-4-6-21(25)27-18)24-19(23(20)30)10-8-16(3)26-24/h4-11,13H,12H2,1-3H3. The third-order valence-electron chi connectivity index (χ3n) is 5.23. The molecule has 3 heterocycles. The Hall–Kier alpha value is -3.54. The first kappa shape index (κ1) is 19.8. The number of rotatable bonds is 4. The molecule has 0 atom stereocenters. The second-order valence-corrected chi connectivity index (χ2v) is 7.51. The first-order chi connectivity index (χ1) is 14.3. The average Bonchev–Trinajstić information content (AvgIpc) is 2.71. The number of benzene rings is 1. The largest absolute Gasteiger partial charge is 0.326 e. The molecule has 0 N–H and O–H groups in total. The number of fused-ring (bicyclic) bond motifs is 1. The van der Waals surface area contributed by atoms with E-state index in [0.717, 1.165) is 16.8 Å². The van der Waals surface area contributed by atoms with E-state index in [1.54, 1.807) is 35.0 Å². The van der Waals surface area contributed by atoms with Gasteiger partial charge in [0, 0.05) is 17.5 Å². The number of hydrogen-bond acceptors (Lipinski definition) is 4. The van der Waals surface area contributed by atoms with Gasteiger partial charge in [0.2, 0.25) is 5.43 Å². The Labute approximate surface area is 175 Å². The zero-order valence-electron chi connectivity index (χ0n) is 17.1. The SMILES string of the molecule is [B]c1cccc(Cn2cc(C(=O)c3ccc(C)c(C)c3)c(=O)c3ccc(C)nc32)n1. The summed E-state index contributed by atoms with van der Waals surface area (Å²) in [5.74, 6) is -0.306. The molecule has 4 rings (SSSR count). The van der Waals surface area contributed by atoms with Crippen LogP contribution in [0, 0.1) is 20.8 Å². The average molecular weight is 393 g/mol. The van der Waals surface area contributed by atoms with Crippen molar-refractivity contribution < 1.29 is 4.79 Å². The fraction of sp³-hybridized carbons (Fsp3) is 0.167. The van der Waals surface area contributed by atoms with Crippen molar-refractivity contribution in [1.82, 2.24) is 14.5 Å². The van der Waals surface area contributed by atoms with Crippen LogP contribution in [0.2, 0.25) is 0 Å². The summed E-state index contributed by atoms with van der Waals surface area (Å²) in [5.41, 5.74) is 4.80. The van der Waals surface area contributed by atoms with E-state index in [4.69, 9.17) is 7.85 Å². The van der Waals surface area contributed by atoms with E-state index in [1.807, 2.05) is 45.0 Å². The maximum atomic E-state index is 13.2. The summed E-state index contributed by atoms with van der Waals surface area (Å²) >= 11 is 0. The zero-order valence-corrected chi connectivity index (χ0v) is 17.1. The van der Waals surface area contributed by atoms with Gasteiger partial charge in [-0.05, 0) is 61.8 Å². The Kier molecular flexibility index (Phi) is 5.08. The van der Waals surface area contributed by atoms with E-state index in [0.29, 0.717) is 34.4 Å². The highest BCUT2D eigenvalue weighted by molar-refractivity contribution is 6.30. The van der Waals surface area contributed by atoms with Gasteiger partial charge >= 0.3 is 0 Å². The first-order valence-corrected chi connectivity index (χ1v) is 9.67. The molecule has 5 nitrogen and oxygen atoms in total. The topological polar surface area (TPSA) is 64.8 Å². The molecule has 6 heteroatoms. The molecule has 0 fully saturated rings. The van der Waals surface area contributed by atoms with Gasteiger partial charge < -0.3 is 4.57 Å². The highest BCUT2D eigenvalue weighted by Crippen LogP contribution is 2.17. The minimum Gasteiger partial charge on any atom is -0.326 e. The summed E-state index contributed by atoms with van der Waals surface area (Å²) < 4.78 is 1.79. The fourth-order valence-corrected chi connectivity index (χ4v) is 3.44. The summed E-state index contributed by atoms with van der Waals surface area (Å²) in [6.07, 6.45) is 1.58. The molecule has 0 amide bonds. The lowest BCUT2D eigenvalue weighted by molar-refractivity contribution is 0.103. The van der Waals surface area contributed by atoms with Crippen LogP contribution >= 0.6 is 0 Å². The van der Waals surface area contributed by atoms with Gasteiger partial charge in [0.05, 0.1) is 23.2 Å². The highest BCUT2D eigenvalue weighted by Gasteiger charge is 2.18. The van der Waals surface area contributed by atoms with E-state index in [2.05, 4.69) is 9.97 Å². The molecule has 146 valence electrons. The van der Waals surface area contributed by atoms with Crippen LogP contribution in [0.4, 0.5) is 0 Å². The molecule has 0 saturated heterocycles. The fourth-order valence-electron chi connectivity index (χ4n) is 3.44. The zero-order chi connectivity index (χ0) is 21.4. The van der Waals surface area contributed by atoms with Gasteiger partial charge in [-0.1, -0.05) is 24.3 Å². The number of aromatic nitrogens is 3. The number of aryl methyl sites for hydroxylation is 3. The second-order valence-electron chi connectivity index (χ2n) is 7.51. The molecule has 0 saturated carbocycles. The van der Waals surface area contributed by atoms with E-state index >= 15 is 0 Å². The van der Waals surface area contributed by atoms with Crippen LogP contribution in [0.5, 0.6) is 0 Å². The lowest BCUT2D eigenvalue weighted by atomic mass is 9.99. The van der Waals surface area contributed by atoms with Gasteiger partial charge in [0.25, 0.3) is 0 Å². The highest BCUT2D eigenvalue weighted by atomic mass is 16.1. The Morgan fingerprint density at radius 2 is 1.80 bits per heavy atom. The van der Waals surface area contributed by atoms with Gasteiger partial charge in [-0.3, -0.25) is 14.6 Å². The molecule has 0 unspecified atom stereocenters. The third kappa shape index (κ3) is 3.68. The van der Waals surface area contributed by atoms with Crippen LogP contribution in [-0.4, -0.2) is 28.2 Å².